The fourth-order valence-electron chi connectivity index (χ4n) is 3.37. The van der Waals surface area contributed by atoms with Crippen LogP contribution in [0.1, 0.15) is 11.1 Å². The van der Waals surface area contributed by atoms with Gasteiger partial charge >= 0.3 is 0 Å². The highest BCUT2D eigenvalue weighted by Crippen LogP contribution is 2.14. The van der Waals surface area contributed by atoms with Crippen LogP contribution in [-0.2, 0) is 13.1 Å². The standard InChI is InChI=1S/C20H24N6O/c1-25-6-8-26(9-7-25)20-23-11-15(12-24-20)10-21-13-16-14-22-19(27)18-5-3-2-4-17(16)18/h2-5,11-12,14,21H,6-10,13H2,1H3,(H,22,27). The quantitative estimate of drug-likeness (QED) is 0.712. The van der Waals surface area contributed by atoms with E-state index in [9.17, 15) is 4.79 Å². The van der Waals surface area contributed by atoms with Gasteiger partial charge in [0.1, 0.15) is 0 Å². The molecule has 2 N–H and O–H groups in total. The van der Waals surface area contributed by atoms with Crippen molar-refractivity contribution in [1.29, 1.82) is 0 Å². The largest absolute Gasteiger partial charge is 0.338 e. The van der Waals surface area contributed by atoms with E-state index >= 15 is 0 Å². The lowest BCUT2D eigenvalue weighted by Crippen LogP contribution is -2.45. The van der Waals surface area contributed by atoms with Crippen LogP contribution < -0.4 is 15.8 Å². The van der Waals surface area contributed by atoms with Crippen LogP contribution in [0.3, 0.4) is 0 Å². The fraction of sp³-hybridized carbons (Fsp3) is 0.350. The maximum Gasteiger partial charge on any atom is 0.255 e. The van der Waals surface area contributed by atoms with Crippen molar-refractivity contribution < 1.29 is 0 Å². The third-order valence-electron chi connectivity index (χ3n) is 5.02. The minimum absolute atomic E-state index is 0.0535. The molecule has 0 radical (unpaired) electrons. The molecule has 0 atom stereocenters. The Morgan fingerprint density at radius 1 is 1.04 bits per heavy atom. The molecule has 1 aromatic carbocycles. The van der Waals surface area contributed by atoms with Crippen LogP contribution in [0.4, 0.5) is 5.95 Å². The molecule has 7 heteroatoms. The van der Waals surface area contributed by atoms with E-state index < -0.39 is 0 Å². The second-order valence-electron chi connectivity index (χ2n) is 6.97. The minimum atomic E-state index is -0.0535. The summed E-state index contributed by atoms with van der Waals surface area (Å²) in [6, 6.07) is 7.67. The molecular formula is C20H24N6O. The van der Waals surface area contributed by atoms with Gasteiger partial charge < -0.3 is 20.1 Å². The summed E-state index contributed by atoms with van der Waals surface area (Å²) in [5.41, 5.74) is 2.06. The zero-order valence-electron chi connectivity index (χ0n) is 15.5. The second kappa shape index (κ2) is 7.85. The van der Waals surface area contributed by atoms with E-state index in [2.05, 4.69) is 37.1 Å². The lowest BCUT2D eigenvalue weighted by atomic mass is 10.1. The summed E-state index contributed by atoms with van der Waals surface area (Å²) >= 11 is 0. The number of aromatic amines is 1. The molecule has 0 spiro atoms. The summed E-state index contributed by atoms with van der Waals surface area (Å²) in [6.45, 7) is 5.36. The number of piperazine rings is 1. The summed E-state index contributed by atoms with van der Waals surface area (Å²) in [5.74, 6) is 0.804. The molecule has 1 saturated heterocycles. The van der Waals surface area contributed by atoms with E-state index in [4.69, 9.17) is 0 Å². The zero-order valence-corrected chi connectivity index (χ0v) is 15.5. The number of rotatable bonds is 5. The van der Waals surface area contributed by atoms with E-state index in [-0.39, 0.29) is 5.56 Å². The van der Waals surface area contributed by atoms with Gasteiger partial charge in [0, 0.05) is 68.8 Å². The number of anilines is 1. The Balaban J connectivity index is 1.37. The average molecular weight is 364 g/mol. The SMILES string of the molecule is CN1CCN(c2ncc(CNCc3c[nH]c(=O)c4ccccc34)cn2)CC1. The number of pyridine rings is 1. The van der Waals surface area contributed by atoms with Crippen LogP contribution >= 0.6 is 0 Å². The number of nitrogens with one attached hydrogen (secondary N) is 2. The van der Waals surface area contributed by atoms with Crippen LogP contribution in [0.25, 0.3) is 10.8 Å². The Labute approximate surface area is 158 Å². The van der Waals surface area contributed by atoms with Gasteiger partial charge in [-0.15, -0.1) is 0 Å². The third kappa shape index (κ3) is 3.99. The first kappa shape index (κ1) is 17.6. The molecule has 1 fully saturated rings. The highest BCUT2D eigenvalue weighted by molar-refractivity contribution is 5.84. The zero-order chi connectivity index (χ0) is 18.6. The topological polar surface area (TPSA) is 77.1 Å². The first-order valence-corrected chi connectivity index (χ1v) is 9.25. The van der Waals surface area contributed by atoms with Crippen LogP contribution in [0.5, 0.6) is 0 Å². The molecule has 0 amide bonds. The van der Waals surface area contributed by atoms with E-state index in [1.54, 1.807) is 6.20 Å². The molecule has 3 aromatic rings. The number of benzene rings is 1. The van der Waals surface area contributed by atoms with Gasteiger partial charge in [0.2, 0.25) is 5.95 Å². The Kier molecular flexibility index (Phi) is 5.13. The van der Waals surface area contributed by atoms with Crippen molar-refractivity contribution >= 4 is 16.7 Å². The third-order valence-corrected chi connectivity index (χ3v) is 5.02. The Hall–Kier alpha value is -2.77. The van der Waals surface area contributed by atoms with Crippen LogP contribution in [0.2, 0.25) is 0 Å². The Bertz CT molecular complexity index is 960. The predicted molar refractivity (Wildman–Crippen MR) is 107 cm³/mol. The first-order valence-electron chi connectivity index (χ1n) is 9.25. The van der Waals surface area contributed by atoms with Gasteiger partial charge in [-0.3, -0.25) is 4.79 Å². The summed E-state index contributed by atoms with van der Waals surface area (Å²) < 4.78 is 0. The summed E-state index contributed by atoms with van der Waals surface area (Å²) in [5, 5.41) is 5.11. The molecule has 1 aliphatic heterocycles. The van der Waals surface area contributed by atoms with Crippen molar-refractivity contribution in [3.05, 3.63) is 64.3 Å². The smallest absolute Gasteiger partial charge is 0.255 e. The van der Waals surface area contributed by atoms with Crippen LogP contribution in [0, 0.1) is 0 Å². The van der Waals surface area contributed by atoms with E-state index in [1.807, 2.05) is 36.7 Å². The van der Waals surface area contributed by atoms with Crippen molar-refractivity contribution in [3.63, 3.8) is 0 Å². The molecule has 0 saturated carbocycles. The number of H-pyrrole nitrogens is 1. The summed E-state index contributed by atoms with van der Waals surface area (Å²) in [4.78, 5) is 28.3. The Morgan fingerprint density at radius 2 is 1.74 bits per heavy atom. The number of hydrogen-bond acceptors (Lipinski definition) is 6. The van der Waals surface area contributed by atoms with Gasteiger partial charge in [0.05, 0.1) is 0 Å². The van der Waals surface area contributed by atoms with Crippen molar-refractivity contribution in [2.45, 2.75) is 13.1 Å². The van der Waals surface area contributed by atoms with E-state index in [1.165, 1.54) is 0 Å². The molecule has 7 nitrogen and oxygen atoms in total. The maximum atomic E-state index is 11.9. The van der Waals surface area contributed by atoms with Gasteiger partial charge in [0.25, 0.3) is 5.56 Å². The van der Waals surface area contributed by atoms with Gasteiger partial charge in [-0.2, -0.15) is 0 Å². The normalized spacial score (nSPS) is 15.4. The highest BCUT2D eigenvalue weighted by atomic mass is 16.1. The van der Waals surface area contributed by atoms with Crippen molar-refractivity contribution in [3.8, 4) is 0 Å². The van der Waals surface area contributed by atoms with E-state index in [0.717, 1.165) is 54.0 Å². The molecule has 27 heavy (non-hydrogen) atoms. The van der Waals surface area contributed by atoms with Crippen molar-refractivity contribution in [2.75, 3.05) is 38.1 Å². The predicted octanol–water partition coefficient (Wildman–Crippen LogP) is 1.36. The second-order valence-corrected chi connectivity index (χ2v) is 6.97. The molecule has 0 aliphatic carbocycles. The lowest BCUT2D eigenvalue weighted by molar-refractivity contribution is 0.311. The monoisotopic (exact) mass is 364 g/mol. The molecule has 0 bridgehead atoms. The van der Waals surface area contributed by atoms with Gasteiger partial charge in [-0.05, 0) is 24.1 Å². The Morgan fingerprint density at radius 3 is 2.48 bits per heavy atom. The summed E-state index contributed by atoms with van der Waals surface area (Å²) in [6.07, 6.45) is 5.56. The van der Waals surface area contributed by atoms with Crippen molar-refractivity contribution in [2.24, 2.45) is 0 Å². The minimum Gasteiger partial charge on any atom is -0.338 e. The van der Waals surface area contributed by atoms with Gasteiger partial charge in [0.15, 0.2) is 0 Å². The number of fused-ring (bicyclic) bond motifs is 1. The first-order chi connectivity index (χ1) is 13.2. The van der Waals surface area contributed by atoms with Crippen LogP contribution in [-0.4, -0.2) is 53.1 Å². The number of likely N-dealkylation sites (N-methyl/N-ethyl adjacent to an activating group) is 1. The molecule has 1 aliphatic rings. The molecule has 4 rings (SSSR count). The van der Waals surface area contributed by atoms with Gasteiger partial charge in [-0.1, -0.05) is 18.2 Å². The molecule has 2 aromatic heterocycles. The van der Waals surface area contributed by atoms with Crippen LogP contribution in [0.15, 0.2) is 47.7 Å². The van der Waals surface area contributed by atoms with Crippen molar-refractivity contribution in [1.82, 2.24) is 25.2 Å². The fourth-order valence-corrected chi connectivity index (χ4v) is 3.37. The number of nitrogens with zero attached hydrogens (tertiary/aromatic N) is 4. The molecule has 0 unspecified atom stereocenters. The lowest BCUT2D eigenvalue weighted by Gasteiger charge is -2.32. The molecular weight excluding hydrogens is 340 g/mol. The number of hydrogen-bond donors (Lipinski definition) is 2. The van der Waals surface area contributed by atoms with E-state index in [0.29, 0.717) is 13.1 Å². The van der Waals surface area contributed by atoms with Gasteiger partial charge in [-0.25, -0.2) is 9.97 Å². The summed E-state index contributed by atoms with van der Waals surface area (Å²) in [7, 11) is 2.14. The maximum absolute atomic E-state index is 11.9. The molecule has 3 heterocycles. The molecule has 140 valence electrons. The highest BCUT2D eigenvalue weighted by Gasteiger charge is 2.16. The number of aromatic nitrogens is 3. The average Bonchev–Trinajstić information content (AvgIpc) is 2.71.